The molecule has 1 fully saturated rings. The number of hydrogen-bond acceptors (Lipinski definition) is 6. The van der Waals surface area contributed by atoms with E-state index in [0.717, 1.165) is 42.7 Å². The molecule has 3 atom stereocenters. The molecule has 0 radical (unpaired) electrons. The second kappa shape index (κ2) is 10.6. The number of rotatable bonds is 7. The van der Waals surface area contributed by atoms with Gasteiger partial charge in [0.05, 0.1) is 17.7 Å². The number of aryl methyl sites for hydroxylation is 1. The molecule has 7 nitrogen and oxygen atoms in total. The molecule has 0 aromatic heterocycles. The minimum atomic E-state index is -0.378. The fourth-order valence-electron chi connectivity index (χ4n) is 5.54. The molecule has 0 N–H and O–H groups in total. The van der Waals surface area contributed by atoms with Crippen LogP contribution in [0.15, 0.2) is 60.3 Å². The monoisotopic (exact) mass is 477 g/mol. The summed E-state index contributed by atoms with van der Waals surface area (Å²) in [5, 5.41) is 11.2. The average Bonchev–Trinajstić information content (AvgIpc) is 3.38. The van der Waals surface area contributed by atoms with Crippen molar-refractivity contribution in [3.05, 3.63) is 81.5 Å². The minimum absolute atomic E-state index is 0.0372. The number of nitrogens with zero attached hydrogens (tertiary/aromatic N) is 3. The van der Waals surface area contributed by atoms with E-state index in [0.29, 0.717) is 18.2 Å². The Bertz CT molecular complexity index is 1070. The highest BCUT2D eigenvalue weighted by molar-refractivity contribution is 5.93. The number of anilines is 1. The highest BCUT2D eigenvalue weighted by Crippen LogP contribution is 2.45. The van der Waals surface area contributed by atoms with Gasteiger partial charge in [-0.05, 0) is 56.4 Å². The van der Waals surface area contributed by atoms with E-state index in [9.17, 15) is 14.9 Å². The Morgan fingerprint density at radius 1 is 1.09 bits per heavy atom. The van der Waals surface area contributed by atoms with Crippen LogP contribution in [0.25, 0.3) is 0 Å². The molecule has 186 valence electrons. The fourth-order valence-corrected chi connectivity index (χ4v) is 5.54. The van der Waals surface area contributed by atoms with Gasteiger partial charge in [-0.15, -0.1) is 0 Å². The van der Waals surface area contributed by atoms with Crippen molar-refractivity contribution >= 4 is 17.3 Å². The van der Waals surface area contributed by atoms with Crippen LogP contribution in [0.5, 0.6) is 0 Å². The zero-order valence-electron chi connectivity index (χ0n) is 21.0. The number of carbonyl (C=O) groups is 1. The first kappa shape index (κ1) is 24.9. The Morgan fingerprint density at radius 2 is 1.71 bits per heavy atom. The number of esters is 1. The third kappa shape index (κ3) is 5.10. The predicted molar refractivity (Wildman–Crippen MR) is 137 cm³/mol. The van der Waals surface area contributed by atoms with Gasteiger partial charge in [-0.3, -0.25) is 15.0 Å². The van der Waals surface area contributed by atoms with E-state index >= 15 is 0 Å². The molecular weight excluding hydrogens is 442 g/mol. The SMILES string of the molecule is CCOC(=O)C1=C[C@H](c2ccc([N+](=O)[O-])cc2)[C@H](C(C)C)[C@@H](N2CCCC2)N1c1ccc(C)cc1. The van der Waals surface area contributed by atoms with Crippen LogP contribution in [0.3, 0.4) is 0 Å². The van der Waals surface area contributed by atoms with Crippen LogP contribution in [0.4, 0.5) is 11.4 Å². The van der Waals surface area contributed by atoms with Crippen molar-refractivity contribution in [2.24, 2.45) is 11.8 Å². The van der Waals surface area contributed by atoms with E-state index in [1.165, 1.54) is 0 Å². The Kier molecular flexibility index (Phi) is 7.55. The van der Waals surface area contributed by atoms with Gasteiger partial charge in [0, 0.05) is 42.7 Å². The Hall–Kier alpha value is -3.19. The molecule has 2 aromatic rings. The standard InChI is InChI=1S/C28H35N3O4/c1-5-35-28(32)25-18-24(21-10-14-23(15-11-21)31(33)34)26(19(2)3)27(29-16-6-7-17-29)30(25)22-12-8-20(4)9-13-22/h8-15,18-19,24,26-27H,5-7,16-17H2,1-4H3/t24-,26+,27+/m1/s1. The molecule has 0 aliphatic carbocycles. The first-order chi connectivity index (χ1) is 16.8. The van der Waals surface area contributed by atoms with Crippen LogP contribution < -0.4 is 4.90 Å². The van der Waals surface area contributed by atoms with Gasteiger partial charge in [-0.2, -0.15) is 0 Å². The molecule has 2 aliphatic rings. The topological polar surface area (TPSA) is 75.9 Å². The first-order valence-electron chi connectivity index (χ1n) is 12.5. The maximum atomic E-state index is 13.4. The summed E-state index contributed by atoms with van der Waals surface area (Å²) < 4.78 is 5.54. The van der Waals surface area contributed by atoms with Crippen molar-refractivity contribution < 1.29 is 14.5 Å². The summed E-state index contributed by atoms with van der Waals surface area (Å²) in [6, 6.07) is 15.1. The molecule has 2 aliphatic heterocycles. The van der Waals surface area contributed by atoms with Gasteiger partial charge >= 0.3 is 5.97 Å². The molecule has 2 aromatic carbocycles. The van der Waals surface area contributed by atoms with Crippen molar-refractivity contribution in [1.29, 1.82) is 0 Å². The molecule has 0 spiro atoms. The normalized spacial score (nSPS) is 22.8. The number of nitro groups is 1. The lowest BCUT2D eigenvalue weighted by molar-refractivity contribution is -0.384. The number of allylic oxidation sites excluding steroid dienone is 1. The van der Waals surface area contributed by atoms with Crippen molar-refractivity contribution in [2.45, 2.75) is 52.6 Å². The molecule has 1 saturated heterocycles. The number of carbonyl (C=O) groups excluding carboxylic acids is 1. The van der Waals surface area contributed by atoms with Gasteiger partial charge in [-0.25, -0.2) is 4.79 Å². The molecule has 2 heterocycles. The summed E-state index contributed by atoms with van der Waals surface area (Å²) in [4.78, 5) is 28.9. The van der Waals surface area contributed by atoms with Crippen LogP contribution in [0, 0.1) is 28.9 Å². The third-order valence-electron chi connectivity index (χ3n) is 7.19. The van der Waals surface area contributed by atoms with E-state index in [2.05, 4.69) is 54.8 Å². The fraction of sp³-hybridized carbons (Fsp3) is 0.464. The van der Waals surface area contributed by atoms with E-state index < -0.39 is 0 Å². The predicted octanol–water partition coefficient (Wildman–Crippen LogP) is 5.65. The number of benzene rings is 2. The highest BCUT2D eigenvalue weighted by atomic mass is 16.6. The largest absolute Gasteiger partial charge is 0.461 e. The zero-order valence-corrected chi connectivity index (χ0v) is 21.0. The van der Waals surface area contributed by atoms with E-state index in [1.54, 1.807) is 12.1 Å². The smallest absolute Gasteiger partial charge is 0.354 e. The molecule has 35 heavy (non-hydrogen) atoms. The summed E-state index contributed by atoms with van der Waals surface area (Å²) in [5.41, 5.74) is 3.71. The lowest BCUT2D eigenvalue weighted by atomic mass is 9.73. The second-order valence-electron chi connectivity index (χ2n) is 9.83. The summed E-state index contributed by atoms with van der Waals surface area (Å²) >= 11 is 0. The third-order valence-corrected chi connectivity index (χ3v) is 7.19. The van der Waals surface area contributed by atoms with Gasteiger partial charge in [-0.1, -0.05) is 43.7 Å². The summed E-state index contributed by atoms with van der Waals surface area (Å²) in [6.07, 6.45) is 4.24. The molecule has 0 bridgehead atoms. The lowest BCUT2D eigenvalue weighted by Crippen LogP contribution is -2.57. The molecule has 0 amide bonds. The van der Waals surface area contributed by atoms with E-state index in [4.69, 9.17) is 4.74 Å². The van der Waals surface area contributed by atoms with Gasteiger partial charge in [0.1, 0.15) is 5.70 Å². The highest BCUT2D eigenvalue weighted by Gasteiger charge is 2.46. The molecule has 4 rings (SSSR count). The van der Waals surface area contributed by atoms with Gasteiger partial charge < -0.3 is 9.64 Å². The number of hydrogen-bond donors (Lipinski definition) is 0. The number of ether oxygens (including phenoxy) is 1. The molecular formula is C28H35N3O4. The van der Waals surface area contributed by atoms with Crippen LogP contribution in [0.2, 0.25) is 0 Å². The number of non-ortho nitro benzene ring substituents is 1. The Balaban J connectivity index is 1.91. The van der Waals surface area contributed by atoms with E-state index in [-0.39, 0.29) is 34.6 Å². The molecule has 7 heteroatoms. The first-order valence-corrected chi connectivity index (χ1v) is 12.5. The van der Waals surface area contributed by atoms with Crippen molar-refractivity contribution in [2.75, 3.05) is 24.6 Å². The quantitative estimate of drug-likeness (QED) is 0.291. The summed E-state index contributed by atoms with van der Waals surface area (Å²) in [6.45, 7) is 10.6. The Morgan fingerprint density at radius 3 is 2.26 bits per heavy atom. The van der Waals surface area contributed by atoms with Crippen molar-refractivity contribution in [3.63, 3.8) is 0 Å². The number of nitro benzene ring substituents is 1. The van der Waals surface area contributed by atoms with Gasteiger partial charge in [0.25, 0.3) is 5.69 Å². The Labute approximate surface area is 207 Å². The summed E-state index contributed by atoms with van der Waals surface area (Å²) in [5.74, 6) is 0.0386. The molecule has 0 saturated carbocycles. The van der Waals surface area contributed by atoms with Crippen molar-refractivity contribution in [1.82, 2.24) is 4.90 Å². The zero-order chi connectivity index (χ0) is 25.1. The maximum Gasteiger partial charge on any atom is 0.354 e. The van der Waals surface area contributed by atoms with Crippen LogP contribution in [-0.4, -0.2) is 41.7 Å². The van der Waals surface area contributed by atoms with Gasteiger partial charge in [0.15, 0.2) is 0 Å². The van der Waals surface area contributed by atoms with Crippen LogP contribution in [-0.2, 0) is 9.53 Å². The second-order valence-corrected chi connectivity index (χ2v) is 9.83. The van der Waals surface area contributed by atoms with E-state index in [1.807, 2.05) is 25.1 Å². The number of likely N-dealkylation sites (tertiary alicyclic amines) is 1. The van der Waals surface area contributed by atoms with Crippen LogP contribution >= 0.6 is 0 Å². The van der Waals surface area contributed by atoms with Gasteiger partial charge in [0.2, 0.25) is 0 Å². The lowest BCUT2D eigenvalue weighted by Gasteiger charge is -2.50. The minimum Gasteiger partial charge on any atom is -0.461 e. The maximum absolute atomic E-state index is 13.4. The molecule has 0 unspecified atom stereocenters. The summed E-state index contributed by atoms with van der Waals surface area (Å²) in [7, 11) is 0. The van der Waals surface area contributed by atoms with Crippen LogP contribution in [0.1, 0.15) is 50.7 Å². The average molecular weight is 478 g/mol. The van der Waals surface area contributed by atoms with Crippen molar-refractivity contribution in [3.8, 4) is 0 Å².